The van der Waals surface area contributed by atoms with Crippen molar-refractivity contribution in [3.05, 3.63) is 54.6 Å². The first-order chi connectivity index (χ1) is 11.4. The Balaban J connectivity index is 1.56. The Bertz CT molecular complexity index is 609. The largest absolute Gasteiger partial charge is 0.508 e. The van der Waals surface area contributed by atoms with Gasteiger partial charge in [-0.15, -0.1) is 0 Å². The number of benzene rings is 1. The van der Waals surface area contributed by atoms with Crippen LogP contribution in [0.25, 0.3) is 0 Å². The second kappa shape index (κ2) is 6.73. The summed E-state index contributed by atoms with van der Waals surface area (Å²) in [7, 11) is 0. The van der Waals surface area contributed by atoms with Crippen molar-refractivity contribution in [2.24, 2.45) is 17.3 Å². The van der Waals surface area contributed by atoms with E-state index in [4.69, 9.17) is 0 Å². The molecule has 1 aromatic rings. The second-order valence-corrected chi connectivity index (χ2v) is 8.02. The molecule has 0 radical (unpaired) electrons. The number of hydrogen-bond acceptors (Lipinski definition) is 3. The van der Waals surface area contributed by atoms with Crippen LogP contribution in [0.3, 0.4) is 0 Å². The highest BCUT2D eigenvalue weighted by atomic mass is 16.3. The minimum absolute atomic E-state index is 0.237. The van der Waals surface area contributed by atoms with E-state index in [-0.39, 0.29) is 5.75 Å². The lowest BCUT2D eigenvalue weighted by Gasteiger charge is -2.26. The molecule has 2 unspecified atom stereocenters. The van der Waals surface area contributed by atoms with Gasteiger partial charge in [0.15, 0.2) is 0 Å². The number of aliphatic hydroxyl groups excluding tert-OH is 1. The number of aliphatic hydroxyl groups is 1. The van der Waals surface area contributed by atoms with E-state index in [1.165, 1.54) is 12.8 Å². The second-order valence-electron chi connectivity index (χ2n) is 8.02. The van der Waals surface area contributed by atoms with Crippen molar-refractivity contribution in [1.82, 2.24) is 4.90 Å². The molecule has 1 saturated carbocycles. The zero-order chi connectivity index (χ0) is 17.3. The van der Waals surface area contributed by atoms with Gasteiger partial charge in [0, 0.05) is 19.6 Å². The molecule has 4 atom stereocenters. The van der Waals surface area contributed by atoms with Crippen LogP contribution in [-0.2, 0) is 0 Å². The van der Waals surface area contributed by atoms with Crippen LogP contribution in [0.4, 0.5) is 0 Å². The maximum absolute atomic E-state index is 10.5. The lowest BCUT2D eigenvalue weighted by Crippen LogP contribution is -2.29. The van der Waals surface area contributed by atoms with Gasteiger partial charge in [-0.3, -0.25) is 4.90 Å². The fourth-order valence-corrected chi connectivity index (χ4v) is 4.77. The molecule has 1 saturated heterocycles. The van der Waals surface area contributed by atoms with E-state index in [0.29, 0.717) is 17.9 Å². The summed E-state index contributed by atoms with van der Waals surface area (Å²) in [5.74, 6) is 1.68. The van der Waals surface area contributed by atoms with Gasteiger partial charge in [-0.1, -0.05) is 43.9 Å². The van der Waals surface area contributed by atoms with Gasteiger partial charge in [0.05, 0.1) is 6.10 Å². The Morgan fingerprint density at radius 1 is 1.42 bits per heavy atom. The van der Waals surface area contributed by atoms with Gasteiger partial charge in [-0.05, 0) is 54.2 Å². The Hall–Kier alpha value is -1.58. The van der Waals surface area contributed by atoms with E-state index in [1.54, 1.807) is 24.3 Å². The van der Waals surface area contributed by atoms with Crippen LogP contribution in [0.5, 0.6) is 5.75 Å². The first-order valence-corrected chi connectivity index (χ1v) is 8.89. The molecule has 1 aromatic carbocycles. The fraction of sp³-hybridized carbons (Fsp3) is 0.524. The molecule has 3 rings (SSSR count). The quantitative estimate of drug-likeness (QED) is 0.779. The van der Waals surface area contributed by atoms with Gasteiger partial charge < -0.3 is 10.2 Å². The van der Waals surface area contributed by atoms with Crippen molar-refractivity contribution in [1.29, 1.82) is 0 Å². The number of aromatic hydroxyl groups is 1. The third-order valence-electron chi connectivity index (χ3n) is 5.97. The van der Waals surface area contributed by atoms with Gasteiger partial charge in [-0.2, -0.15) is 0 Å². The highest BCUT2D eigenvalue weighted by Gasteiger charge is 2.49. The average Bonchev–Trinajstić information content (AvgIpc) is 2.97. The van der Waals surface area contributed by atoms with Crippen LogP contribution < -0.4 is 0 Å². The van der Waals surface area contributed by atoms with E-state index < -0.39 is 6.10 Å². The number of phenolic OH excluding ortho intramolecular Hbond substituents is 1. The molecule has 24 heavy (non-hydrogen) atoms. The summed E-state index contributed by atoms with van der Waals surface area (Å²) in [5.41, 5.74) is 2.39. The number of hydrogen-bond donors (Lipinski definition) is 2. The molecule has 2 fully saturated rings. The van der Waals surface area contributed by atoms with Gasteiger partial charge in [0.2, 0.25) is 0 Å². The average molecular weight is 327 g/mol. The van der Waals surface area contributed by atoms with Crippen LogP contribution in [0.1, 0.15) is 37.9 Å². The molecule has 0 amide bonds. The first kappa shape index (κ1) is 17.2. The lowest BCUT2D eigenvalue weighted by molar-refractivity contribution is 0.116. The predicted octanol–water partition coefficient (Wildman–Crippen LogP) is 3.91. The van der Waals surface area contributed by atoms with E-state index in [0.717, 1.165) is 36.6 Å². The monoisotopic (exact) mass is 327 g/mol. The minimum atomic E-state index is -0.496. The Morgan fingerprint density at radius 2 is 2.12 bits per heavy atom. The van der Waals surface area contributed by atoms with Gasteiger partial charge in [0.1, 0.15) is 5.75 Å². The lowest BCUT2D eigenvalue weighted by atomic mass is 9.83. The molecular weight excluding hydrogens is 298 g/mol. The number of β-amino-alcohol motifs (C(OH)–C–C–N with tert-alkyl or cyclic N) is 1. The predicted molar refractivity (Wildman–Crippen MR) is 97.8 cm³/mol. The summed E-state index contributed by atoms with van der Waals surface area (Å²) in [6.45, 7) is 13.1. The zero-order valence-corrected chi connectivity index (χ0v) is 14.6. The summed E-state index contributed by atoms with van der Waals surface area (Å²) in [5, 5.41) is 19.8. The van der Waals surface area contributed by atoms with Crippen LogP contribution in [0.2, 0.25) is 0 Å². The first-order valence-electron chi connectivity index (χ1n) is 8.89. The maximum Gasteiger partial charge on any atom is 0.115 e. The number of rotatable bonds is 6. The SMILES string of the molecule is C=CC(=C)CC1C[C@@H]2CN(CC(O)c3ccc(O)cc3)C[C@]2(C)C1. The summed E-state index contributed by atoms with van der Waals surface area (Å²) < 4.78 is 0. The number of fused-ring (bicyclic) bond motifs is 1. The molecular formula is C21H29NO2. The third-order valence-corrected chi connectivity index (χ3v) is 5.97. The normalized spacial score (nSPS) is 30.9. The zero-order valence-electron chi connectivity index (χ0n) is 14.6. The van der Waals surface area contributed by atoms with E-state index >= 15 is 0 Å². The number of nitrogens with zero attached hydrogens (tertiary/aromatic N) is 1. The standard InChI is InChI=1S/C21H29NO2/c1-4-15(2)9-16-10-18-12-22(14-21(18,3)11-16)13-20(24)17-5-7-19(23)8-6-17/h4-8,16,18,20,23-24H,1-2,9-14H2,3H3/t16?,18-,20?,21+/m1/s1. The fourth-order valence-electron chi connectivity index (χ4n) is 4.77. The molecule has 2 N–H and O–H groups in total. The van der Waals surface area contributed by atoms with Crippen LogP contribution in [0.15, 0.2) is 49.1 Å². The van der Waals surface area contributed by atoms with Crippen molar-refractivity contribution in [2.75, 3.05) is 19.6 Å². The molecule has 0 bridgehead atoms. The molecule has 3 nitrogen and oxygen atoms in total. The van der Waals surface area contributed by atoms with Crippen molar-refractivity contribution in [2.45, 2.75) is 32.3 Å². The Kier molecular flexibility index (Phi) is 4.84. The van der Waals surface area contributed by atoms with Crippen molar-refractivity contribution in [3.8, 4) is 5.75 Å². The van der Waals surface area contributed by atoms with Gasteiger partial charge in [-0.25, -0.2) is 0 Å². The molecule has 1 aliphatic heterocycles. The number of allylic oxidation sites excluding steroid dienone is 2. The van der Waals surface area contributed by atoms with E-state index in [9.17, 15) is 10.2 Å². The number of likely N-dealkylation sites (tertiary alicyclic amines) is 1. The molecule has 2 aliphatic rings. The maximum atomic E-state index is 10.5. The van der Waals surface area contributed by atoms with Crippen molar-refractivity contribution < 1.29 is 10.2 Å². The summed E-state index contributed by atoms with van der Waals surface area (Å²) in [4.78, 5) is 2.40. The Labute approximate surface area is 145 Å². The molecule has 0 spiro atoms. The Morgan fingerprint density at radius 3 is 2.75 bits per heavy atom. The summed E-state index contributed by atoms with van der Waals surface area (Å²) in [6, 6.07) is 6.87. The van der Waals surface area contributed by atoms with Crippen LogP contribution >= 0.6 is 0 Å². The van der Waals surface area contributed by atoms with Crippen LogP contribution in [0, 0.1) is 17.3 Å². The van der Waals surface area contributed by atoms with E-state index in [2.05, 4.69) is 25.0 Å². The minimum Gasteiger partial charge on any atom is -0.508 e. The smallest absolute Gasteiger partial charge is 0.115 e. The van der Waals surface area contributed by atoms with Gasteiger partial charge >= 0.3 is 0 Å². The molecule has 1 heterocycles. The van der Waals surface area contributed by atoms with Crippen LogP contribution in [-0.4, -0.2) is 34.7 Å². The summed E-state index contributed by atoms with van der Waals surface area (Å²) >= 11 is 0. The topological polar surface area (TPSA) is 43.7 Å². The molecule has 3 heteroatoms. The van der Waals surface area contributed by atoms with Crippen molar-refractivity contribution >= 4 is 0 Å². The molecule has 130 valence electrons. The third kappa shape index (κ3) is 3.57. The van der Waals surface area contributed by atoms with Crippen molar-refractivity contribution in [3.63, 3.8) is 0 Å². The highest BCUT2D eigenvalue weighted by Crippen LogP contribution is 2.52. The summed E-state index contributed by atoms with van der Waals surface area (Å²) in [6.07, 6.45) is 4.97. The highest BCUT2D eigenvalue weighted by molar-refractivity contribution is 5.27. The van der Waals surface area contributed by atoms with E-state index in [1.807, 2.05) is 6.08 Å². The molecule has 0 aromatic heterocycles. The number of phenols is 1. The molecule has 1 aliphatic carbocycles. The van der Waals surface area contributed by atoms with Gasteiger partial charge in [0.25, 0.3) is 0 Å².